The van der Waals surface area contributed by atoms with Crippen LogP contribution in [0.3, 0.4) is 0 Å². The summed E-state index contributed by atoms with van der Waals surface area (Å²) in [5.41, 5.74) is 1.87. The minimum absolute atomic E-state index is 0.0662. The molecule has 0 saturated carbocycles. The number of halogens is 2. The van der Waals surface area contributed by atoms with Gasteiger partial charge in [-0.05, 0) is 29.3 Å². The number of Topliss-reactive ketones (excluding diaryl/α,β-unsaturated/α-hetero) is 1. The summed E-state index contributed by atoms with van der Waals surface area (Å²) in [4.78, 5) is 13.6. The third-order valence-electron chi connectivity index (χ3n) is 3.45. The van der Waals surface area contributed by atoms with E-state index in [0.29, 0.717) is 6.42 Å². The largest absolute Gasteiger partial charge is 0.299 e. The fraction of sp³-hybridized carbons (Fsp3) is 0.188. The fourth-order valence-electron chi connectivity index (χ4n) is 2.40. The number of hydrogen-bond donors (Lipinski definition) is 0. The normalized spacial score (nSPS) is 17.0. The number of carbonyl (C=O) groups excluding carboxylic acids is 1. The van der Waals surface area contributed by atoms with Gasteiger partial charge in [-0.15, -0.1) is 11.8 Å². The van der Waals surface area contributed by atoms with Crippen molar-refractivity contribution in [3.8, 4) is 0 Å². The maximum atomic E-state index is 13.1. The number of carbonyl (C=O) groups is 1. The van der Waals surface area contributed by atoms with Gasteiger partial charge in [0.05, 0.1) is 10.9 Å². The van der Waals surface area contributed by atoms with Gasteiger partial charge in [0.1, 0.15) is 11.6 Å². The van der Waals surface area contributed by atoms with E-state index in [1.807, 2.05) is 24.3 Å². The highest BCUT2D eigenvalue weighted by atomic mass is 35.5. The Hall–Kier alpha value is -1.32. The number of rotatable bonds is 3. The molecule has 1 aliphatic heterocycles. The van der Waals surface area contributed by atoms with Crippen LogP contribution in [0.25, 0.3) is 0 Å². The van der Waals surface area contributed by atoms with Crippen LogP contribution in [-0.4, -0.2) is 11.5 Å². The van der Waals surface area contributed by atoms with Gasteiger partial charge >= 0.3 is 0 Å². The van der Waals surface area contributed by atoms with Gasteiger partial charge in [-0.2, -0.15) is 0 Å². The van der Waals surface area contributed by atoms with Crippen LogP contribution in [0.2, 0.25) is 5.02 Å². The number of ketones is 1. The molecule has 20 heavy (non-hydrogen) atoms. The van der Waals surface area contributed by atoms with Crippen LogP contribution in [0.4, 0.5) is 4.39 Å². The van der Waals surface area contributed by atoms with Crippen LogP contribution in [0.1, 0.15) is 17.0 Å². The summed E-state index contributed by atoms with van der Waals surface area (Å²) in [6.45, 7) is 0. The second-order valence-corrected chi connectivity index (χ2v) is 6.26. The average Bonchev–Trinajstić information content (AvgIpc) is 2.87. The maximum absolute atomic E-state index is 13.1. The summed E-state index contributed by atoms with van der Waals surface area (Å²) in [7, 11) is 0. The second kappa shape index (κ2) is 5.58. The van der Waals surface area contributed by atoms with E-state index >= 15 is 0 Å². The number of benzene rings is 2. The minimum Gasteiger partial charge on any atom is -0.299 e. The molecule has 2 aromatic rings. The Balaban J connectivity index is 1.79. The van der Waals surface area contributed by atoms with E-state index in [4.69, 9.17) is 11.6 Å². The smallest absolute Gasteiger partial charge is 0.145 e. The predicted octanol–water partition coefficient (Wildman–Crippen LogP) is 4.48. The van der Waals surface area contributed by atoms with Crippen LogP contribution in [-0.2, 0) is 11.2 Å². The Labute approximate surface area is 126 Å². The molecule has 1 nitrogen and oxygen atoms in total. The van der Waals surface area contributed by atoms with Crippen molar-refractivity contribution in [1.82, 2.24) is 0 Å². The highest BCUT2D eigenvalue weighted by Crippen LogP contribution is 2.40. The van der Waals surface area contributed by atoms with Crippen molar-refractivity contribution in [2.45, 2.75) is 17.2 Å². The molecule has 0 aromatic heterocycles. The van der Waals surface area contributed by atoms with Crippen molar-refractivity contribution < 1.29 is 9.18 Å². The third-order valence-corrected chi connectivity index (χ3v) is 4.92. The second-order valence-electron chi connectivity index (χ2n) is 4.79. The molecule has 1 unspecified atom stereocenters. The van der Waals surface area contributed by atoms with Gasteiger partial charge in [0, 0.05) is 17.1 Å². The Kier molecular flexibility index (Phi) is 3.81. The van der Waals surface area contributed by atoms with Gasteiger partial charge in [0.15, 0.2) is 0 Å². The van der Waals surface area contributed by atoms with Crippen LogP contribution < -0.4 is 0 Å². The summed E-state index contributed by atoms with van der Waals surface area (Å²) in [6.07, 6.45) is 0.291. The SMILES string of the molecule is O=C(Cc1ccc(F)c(Cl)c1)C1CSc2ccccc21. The molecule has 0 amide bonds. The van der Waals surface area contributed by atoms with Crippen molar-refractivity contribution in [1.29, 1.82) is 0 Å². The number of thioether (sulfide) groups is 1. The lowest BCUT2D eigenvalue weighted by Crippen LogP contribution is -2.14. The van der Waals surface area contributed by atoms with Crippen LogP contribution in [0.15, 0.2) is 47.4 Å². The molecular formula is C16H12ClFOS. The molecule has 1 heterocycles. The molecule has 0 bridgehead atoms. The van der Waals surface area contributed by atoms with Gasteiger partial charge < -0.3 is 0 Å². The Morgan fingerprint density at radius 2 is 2.10 bits per heavy atom. The van der Waals surface area contributed by atoms with Crippen molar-refractivity contribution >= 4 is 29.1 Å². The minimum atomic E-state index is -0.454. The van der Waals surface area contributed by atoms with Gasteiger partial charge in [0.25, 0.3) is 0 Å². The highest BCUT2D eigenvalue weighted by molar-refractivity contribution is 7.99. The molecule has 0 saturated heterocycles. The fourth-order valence-corrected chi connectivity index (χ4v) is 3.87. The van der Waals surface area contributed by atoms with Crippen molar-refractivity contribution in [2.24, 2.45) is 0 Å². The van der Waals surface area contributed by atoms with E-state index in [0.717, 1.165) is 16.9 Å². The Bertz CT molecular complexity index is 671. The van der Waals surface area contributed by atoms with Gasteiger partial charge in [-0.1, -0.05) is 35.9 Å². The highest BCUT2D eigenvalue weighted by Gasteiger charge is 2.28. The molecule has 0 fully saturated rings. The van der Waals surface area contributed by atoms with Crippen molar-refractivity contribution in [3.05, 3.63) is 64.4 Å². The first kappa shape index (κ1) is 13.7. The molecule has 1 aliphatic rings. The van der Waals surface area contributed by atoms with Crippen LogP contribution in [0.5, 0.6) is 0 Å². The zero-order valence-electron chi connectivity index (χ0n) is 10.6. The van der Waals surface area contributed by atoms with Gasteiger partial charge in [-0.3, -0.25) is 4.79 Å². The lowest BCUT2D eigenvalue weighted by molar-refractivity contribution is -0.119. The predicted molar refractivity (Wildman–Crippen MR) is 80.0 cm³/mol. The first-order chi connectivity index (χ1) is 9.65. The molecule has 2 aromatic carbocycles. The summed E-state index contributed by atoms with van der Waals surface area (Å²) >= 11 is 7.46. The van der Waals surface area contributed by atoms with Crippen LogP contribution >= 0.6 is 23.4 Å². The molecule has 4 heteroatoms. The summed E-state index contributed by atoms with van der Waals surface area (Å²) in [5, 5.41) is 0.0662. The van der Waals surface area contributed by atoms with E-state index in [2.05, 4.69) is 0 Å². The van der Waals surface area contributed by atoms with Crippen molar-refractivity contribution in [3.63, 3.8) is 0 Å². The number of hydrogen-bond acceptors (Lipinski definition) is 2. The van der Waals surface area contributed by atoms with Crippen LogP contribution in [0, 0.1) is 5.82 Å². The zero-order chi connectivity index (χ0) is 14.1. The first-order valence-electron chi connectivity index (χ1n) is 6.33. The standard InChI is InChI=1S/C16H12ClFOS/c17-13-7-10(5-6-14(13)18)8-15(19)12-9-20-16-4-2-1-3-11(12)16/h1-7,12H,8-9H2. The Morgan fingerprint density at radius 1 is 1.30 bits per heavy atom. The lowest BCUT2D eigenvalue weighted by Gasteiger charge is -2.10. The molecule has 0 radical (unpaired) electrons. The Morgan fingerprint density at radius 3 is 2.90 bits per heavy atom. The molecule has 0 aliphatic carbocycles. The quantitative estimate of drug-likeness (QED) is 0.831. The van der Waals surface area contributed by atoms with E-state index in [1.54, 1.807) is 17.8 Å². The monoisotopic (exact) mass is 306 g/mol. The average molecular weight is 307 g/mol. The molecule has 0 spiro atoms. The summed E-state index contributed by atoms with van der Waals surface area (Å²) < 4.78 is 13.1. The summed E-state index contributed by atoms with van der Waals surface area (Å²) in [6, 6.07) is 12.5. The van der Waals surface area contributed by atoms with E-state index < -0.39 is 5.82 Å². The van der Waals surface area contributed by atoms with Crippen molar-refractivity contribution in [2.75, 3.05) is 5.75 Å². The topological polar surface area (TPSA) is 17.1 Å². The molecule has 3 rings (SSSR count). The van der Waals surface area contributed by atoms with E-state index in [9.17, 15) is 9.18 Å². The number of fused-ring (bicyclic) bond motifs is 1. The van der Waals surface area contributed by atoms with Gasteiger partial charge in [0.2, 0.25) is 0 Å². The molecular weight excluding hydrogens is 295 g/mol. The third kappa shape index (κ3) is 2.60. The molecule has 1 atom stereocenters. The zero-order valence-corrected chi connectivity index (χ0v) is 12.2. The van der Waals surface area contributed by atoms with Gasteiger partial charge in [-0.25, -0.2) is 4.39 Å². The molecule has 0 N–H and O–H groups in total. The lowest BCUT2D eigenvalue weighted by atomic mass is 9.93. The first-order valence-corrected chi connectivity index (χ1v) is 7.70. The van der Waals surface area contributed by atoms with E-state index in [1.165, 1.54) is 17.0 Å². The maximum Gasteiger partial charge on any atom is 0.145 e. The molecule has 102 valence electrons. The summed E-state index contributed by atoms with van der Waals surface area (Å²) in [5.74, 6) is 0.419. The van der Waals surface area contributed by atoms with E-state index in [-0.39, 0.29) is 16.7 Å².